The van der Waals surface area contributed by atoms with Crippen molar-refractivity contribution < 1.29 is 0 Å². The number of nitrogens with zero attached hydrogens (tertiary/aromatic N) is 2. The summed E-state index contributed by atoms with van der Waals surface area (Å²) in [6.45, 7) is 20.7. The highest BCUT2D eigenvalue weighted by molar-refractivity contribution is 5.04. The first kappa shape index (κ1) is 14.3. The van der Waals surface area contributed by atoms with E-state index in [-0.39, 0.29) is 0 Å². The van der Waals surface area contributed by atoms with Gasteiger partial charge in [0.1, 0.15) is 0 Å². The van der Waals surface area contributed by atoms with Crippen molar-refractivity contribution in [3.63, 3.8) is 0 Å². The lowest BCUT2D eigenvalue weighted by Crippen LogP contribution is -2.63. The van der Waals surface area contributed by atoms with Gasteiger partial charge in [-0.05, 0) is 52.1 Å². The molecule has 2 aliphatic heterocycles. The van der Waals surface area contributed by atoms with E-state index in [1.807, 2.05) is 0 Å². The minimum atomic E-state index is 0.365. The summed E-state index contributed by atoms with van der Waals surface area (Å²) in [5.41, 5.74) is 1.49. The zero-order chi connectivity index (χ0) is 13.6. The maximum absolute atomic E-state index is 2.70. The lowest BCUT2D eigenvalue weighted by Gasteiger charge is -2.54. The molecule has 2 fully saturated rings. The third-order valence-electron chi connectivity index (χ3n) is 4.70. The molecule has 2 heterocycles. The summed E-state index contributed by atoms with van der Waals surface area (Å²) in [5, 5.41) is 0. The summed E-state index contributed by atoms with van der Waals surface area (Å²) in [5.74, 6) is 0. The number of rotatable bonds is 2. The molecule has 1 spiro atoms. The Morgan fingerprint density at radius 1 is 0.944 bits per heavy atom. The maximum Gasteiger partial charge on any atom is 0.0125 e. The van der Waals surface area contributed by atoms with E-state index in [9.17, 15) is 0 Å². The van der Waals surface area contributed by atoms with Gasteiger partial charge in [0, 0.05) is 30.6 Å². The fraction of sp³-hybridized carbons (Fsp3) is 1.00. The molecule has 0 aromatic rings. The van der Waals surface area contributed by atoms with Gasteiger partial charge in [-0.15, -0.1) is 0 Å². The van der Waals surface area contributed by atoms with E-state index in [1.165, 1.54) is 45.6 Å². The van der Waals surface area contributed by atoms with Gasteiger partial charge in [0.25, 0.3) is 0 Å². The zero-order valence-electron chi connectivity index (χ0n) is 13.3. The number of likely N-dealkylation sites (tertiary alicyclic amines) is 2. The van der Waals surface area contributed by atoms with E-state index in [2.05, 4.69) is 51.3 Å². The third kappa shape index (κ3) is 3.27. The molecule has 0 radical (unpaired) electrons. The summed E-state index contributed by atoms with van der Waals surface area (Å²) < 4.78 is 0. The first-order valence-corrected chi connectivity index (χ1v) is 7.57. The largest absolute Gasteiger partial charge is 0.303 e. The van der Waals surface area contributed by atoms with Crippen LogP contribution in [0.15, 0.2) is 0 Å². The molecule has 0 unspecified atom stereocenters. The quantitative estimate of drug-likeness (QED) is 0.744. The monoisotopic (exact) mass is 252 g/mol. The topological polar surface area (TPSA) is 6.48 Å². The molecular formula is C16H32N2. The predicted octanol–water partition coefficient (Wildman–Crippen LogP) is 3.23. The standard InChI is InChI=1S/C16H32N2/c1-14(2,3)7-9-17-10-8-16(11-17)12-18(13-16)15(4,5)6/h7-13H2,1-6H3. The molecular weight excluding hydrogens is 220 g/mol. The Morgan fingerprint density at radius 3 is 2.06 bits per heavy atom. The first-order valence-electron chi connectivity index (χ1n) is 7.57. The summed E-state index contributed by atoms with van der Waals surface area (Å²) in [4.78, 5) is 5.34. The van der Waals surface area contributed by atoms with E-state index in [1.54, 1.807) is 0 Å². The van der Waals surface area contributed by atoms with Crippen molar-refractivity contribution in [1.82, 2.24) is 9.80 Å². The predicted molar refractivity (Wildman–Crippen MR) is 78.9 cm³/mol. The van der Waals surface area contributed by atoms with Crippen LogP contribution in [-0.4, -0.2) is 48.1 Å². The molecule has 0 aromatic carbocycles. The molecule has 0 bridgehead atoms. The fourth-order valence-corrected chi connectivity index (χ4v) is 3.21. The fourth-order valence-electron chi connectivity index (χ4n) is 3.21. The van der Waals surface area contributed by atoms with Gasteiger partial charge in [0.2, 0.25) is 0 Å². The summed E-state index contributed by atoms with van der Waals surface area (Å²) in [6, 6.07) is 0. The van der Waals surface area contributed by atoms with Crippen LogP contribution in [0.25, 0.3) is 0 Å². The van der Waals surface area contributed by atoms with Gasteiger partial charge in [-0.2, -0.15) is 0 Å². The molecule has 0 N–H and O–H groups in total. The molecule has 0 atom stereocenters. The molecule has 0 aromatic heterocycles. The molecule has 2 nitrogen and oxygen atoms in total. The summed E-state index contributed by atoms with van der Waals surface area (Å²) in [7, 11) is 0. The van der Waals surface area contributed by atoms with Crippen molar-refractivity contribution in [3.05, 3.63) is 0 Å². The smallest absolute Gasteiger partial charge is 0.0125 e. The van der Waals surface area contributed by atoms with Crippen LogP contribution in [0.5, 0.6) is 0 Å². The van der Waals surface area contributed by atoms with Crippen LogP contribution in [0.1, 0.15) is 54.4 Å². The SMILES string of the molecule is CC(C)(C)CCN1CCC2(C1)CN(C(C)(C)C)C2. The Labute approximate surface area is 114 Å². The molecule has 0 aliphatic carbocycles. The number of hydrogen-bond acceptors (Lipinski definition) is 2. The molecule has 2 saturated heterocycles. The molecule has 2 rings (SSSR count). The first-order chi connectivity index (χ1) is 8.10. The van der Waals surface area contributed by atoms with Gasteiger partial charge in [0.05, 0.1) is 0 Å². The van der Waals surface area contributed by atoms with Crippen molar-refractivity contribution >= 4 is 0 Å². The highest BCUT2D eigenvalue weighted by atomic mass is 15.3. The van der Waals surface area contributed by atoms with Gasteiger partial charge in [-0.3, -0.25) is 4.90 Å². The third-order valence-corrected chi connectivity index (χ3v) is 4.70. The van der Waals surface area contributed by atoms with Crippen molar-refractivity contribution in [1.29, 1.82) is 0 Å². The lowest BCUT2D eigenvalue weighted by atomic mass is 9.76. The van der Waals surface area contributed by atoms with Crippen molar-refractivity contribution in [3.8, 4) is 0 Å². The molecule has 18 heavy (non-hydrogen) atoms. The van der Waals surface area contributed by atoms with Gasteiger partial charge < -0.3 is 4.90 Å². The Kier molecular flexibility index (Phi) is 3.57. The summed E-state index contributed by atoms with van der Waals surface area (Å²) >= 11 is 0. The van der Waals surface area contributed by atoms with Crippen molar-refractivity contribution in [2.75, 3.05) is 32.7 Å². The second-order valence-corrected chi connectivity index (χ2v) is 8.86. The second-order valence-electron chi connectivity index (χ2n) is 8.86. The summed E-state index contributed by atoms with van der Waals surface area (Å²) in [6.07, 6.45) is 2.75. The number of hydrogen-bond donors (Lipinski definition) is 0. The Bertz CT molecular complexity index is 289. The van der Waals surface area contributed by atoms with Crippen LogP contribution >= 0.6 is 0 Å². The van der Waals surface area contributed by atoms with E-state index in [0.717, 1.165) is 0 Å². The van der Waals surface area contributed by atoms with Crippen molar-refractivity contribution in [2.45, 2.75) is 59.9 Å². The maximum atomic E-state index is 2.70. The molecule has 2 aliphatic rings. The normalized spacial score (nSPS) is 25.7. The van der Waals surface area contributed by atoms with Crippen LogP contribution in [0.3, 0.4) is 0 Å². The van der Waals surface area contributed by atoms with E-state index in [4.69, 9.17) is 0 Å². The second kappa shape index (κ2) is 4.49. The van der Waals surface area contributed by atoms with Crippen LogP contribution in [-0.2, 0) is 0 Å². The Morgan fingerprint density at radius 2 is 1.56 bits per heavy atom. The van der Waals surface area contributed by atoms with Crippen LogP contribution in [0.2, 0.25) is 0 Å². The highest BCUT2D eigenvalue weighted by Gasteiger charge is 2.49. The minimum absolute atomic E-state index is 0.365. The average Bonchev–Trinajstić information content (AvgIpc) is 2.53. The van der Waals surface area contributed by atoms with Gasteiger partial charge >= 0.3 is 0 Å². The van der Waals surface area contributed by atoms with E-state index in [0.29, 0.717) is 16.4 Å². The highest BCUT2D eigenvalue weighted by Crippen LogP contribution is 2.42. The van der Waals surface area contributed by atoms with E-state index >= 15 is 0 Å². The average molecular weight is 252 g/mol. The Balaban J connectivity index is 1.77. The van der Waals surface area contributed by atoms with E-state index < -0.39 is 0 Å². The van der Waals surface area contributed by atoms with Crippen LogP contribution in [0, 0.1) is 10.8 Å². The molecule has 106 valence electrons. The van der Waals surface area contributed by atoms with Crippen LogP contribution in [0.4, 0.5) is 0 Å². The van der Waals surface area contributed by atoms with Gasteiger partial charge in [-0.1, -0.05) is 20.8 Å². The molecule has 0 amide bonds. The molecule has 2 heteroatoms. The Hall–Kier alpha value is -0.0800. The zero-order valence-corrected chi connectivity index (χ0v) is 13.3. The van der Waals surface area contributed by atoms with Crippen molar-refractivity contribution in [2.24, 2.45) is 10.8 Å². The minimum Gasteiger partial charge on any atom is -0.303 e. The van der Waals surface area contributed by atoms with Gasteiger partial charge in [-0.25, -0.2) is 0 Å². The van der Waals surface area contributed by atoms with Gasteiger partial charge in [0.15, 0.2) is 0 Å². The lowest BCUT2D eigenvalue weighted by molar-refractivity contribution is -0.0522. The molecule has 0 saturated carbocycles. The van der Waals surface area contributed by atoms with Crippen LogP contribution < -0.4 is 0 Å².